The maximum atomic E-state index is 10.5. The van der Waals surface area contributed by atoms with Gasteiger partial charge in [-0.15, -0.1) is 0 Å². The monoisotopic (exact) mass is 143 g/mol. The number of nitrogens with one attached hydrogen (secondary N) is 1. The molecule has 0 aromatic carbocycles. The van der Waals surface area contributed by atoms with Crippen LogP contribution in [0.4, 0.5) is 0 Å². The fraction of sp³-hybridized carbons (Fsp3) is 0.857. The Bertz CT molecular complexity index is 136. The van der Waals surface area contributed by atoms with Gasteiger partial charge < -0.3 is 10.4 Å². The Morgan fingerprint density at radius 2 is 2.40 bits per heavy atom. The van der Waals surface area contributed by atoms with Gasteiger partial charge in [0.25, 0.3) is 0 Å². The van der Waals surface area contributed by atoms with E-state index in [-0.39, 0.29) is 12.0 Å². The van der Waals surface area contributed by atoms with Crippen molar-refractivity contribution in [3.8, 4) is 0 Å². The Balaban J connectivity index is 2.47. The van der Waals surface area contributed by atoms with Crippen molar-refractivity contribution in [2.45, 2.75) is 25.8 Å². The third kappa shape index (κ3) is 1.48. The van der Waals surface area contributed by atoms with E-state index in [0.29, 0.717) is 0 Å². The quantitative estimate of drug-likeness (QED) is 0.560. The SMILES string of the molecule is CC1NCCCC1C(=O)O. The zero-order chi connectivity index (χ0) is 7.56. The van der Waals surface area contributed by atoms with Crippen LogP contribution in [0.3, 0.4) is 0 Å². The summed E-state index contributed by atoms with van der Waals surface area (Å²) in [6.07, 6.45) is 1.81. The van der Waals surface area contributed by atoms with Gasteiger partial charge in [0, 0.05) is 6.04 Å². The lowest BCUT2D eigenvalue weighted by molar-refractivity contribution is -0.143. The molecule has 2 atom stereocenters. The van der Waals surface area contributed by atoms with Crippen LogP contribution in [0.2, 0.25) is 0 Å². The van der Waals surface area contributed by atoms with Gasteiger partial charge in [0.05, 0.1) is 5.92 Å². The molecule has 0 bridgehead atoms. The van der Waals surface area contributed by atoms with E-state index in [4.69, 9.17) is 5.11 Å². The molecule has 3 nitrogen and oxygen atoms in total. The summed E-state index contributed by atoms with van der Waals surface area (Å²) in [6.45, 7) is 2.89. The van der Waals surface area contributed by atoms with Crippen molar-refractivity contribution in [1.29, 1.82) is 0 Å². The minimum absolute atomic E-state index is 0.145. The summed E-state index contributed by atoms with van der Waals surface area (Å²) >= 11 is 0. The maximum Gasteiger partial charge on any atom is 0.308 e. The van der Waals surface area contributed by atoms with Crippen molar-refractivity contribution >= 4 is 5.97 Å². The van der Waals surface area contributed by atoms with Gasteiger partial charge in [0.1, 0.15) is 0 Å². The summed E-state index contributed by atoms with van der Waals surface area (Å²) in [4.78, 5) is 10.5. The van der Waals surface area contributed by atoms with Gasteiger partial charge in [-0.3, -0.25) is 4.79 Å². The van der Waals surface area contributed by atoms with Gasteiger partial charge in [0.15, 0.2) is 0 Å². The summed E-state index contributed by atoms with van der Waals surface area (Å²) in [7, 11) is 0. The molecule has 2 N–H and O–H groups in total. The van der Waals surface area contributed by atoms with Crippen molar-refractivity contribution in [2.24, 2.45) is 5.92 Å². The van der Waals surface area contributed by atoms with E-state index in [0.717, 1.165) is 19.4 Å². The third-order valence-electron chi connectivity index (χ3n) is 2.08. The van der Waals surface area contributed by atoms with Crippen LogP contribution < -0.4 is 5.32 Å². The van der Waals surface area contributed by atoms with Crippen molar-refractivity contribution in [2.75, 3.05) is 6.54 Å². The fourth-order valence-corrected chi connectivity index (χ4v) is 1.38. The fourth-order valence-electron chi connectivity index (χ4n) is 1.38. The highest BCUT2D eigenvalue weighted by Gasteiger charge is 2.26. The van der Waals surface area contributed by atoms with Crippen LogP contribution in [0.5, 0.6) is 0 Å². The lowest BCUT2D eigenvalue weighted by atomic mass is 9.92. The largest absolute Gasteiger partial charge is 0.481 e. The van der Waals surface area contributed by atoms with Crippen LogP contribution in [-0.4, -0.2) is 23.7 Å². The van der Waals surface area contributed by atoms with Gasteiger partial charge in [-0.1, -0.05) is 0 Å². The molecule has 0 amide bonds. The molecule has 1 aliphatic heterocycles. The van der Waals surface area contributed by atoms with E-state index in [1.54, 1.807) is 0 Å². The van der Waals surface area contributed by atoms with Gasteiger partial charge in [0.2, 0.25) is 0 Å². The topological polar surface area (TPSA) is 49.3 Å². The summed E-state index contributed by atoms with van der Waals surface area (Å²) < 4.78 is 0. The molecule has 1 aliphatic rings. The molecule has 1 saturated heterocycles. The highest BCUT2D eigenvalue weighted by molar-refractivity contribution is 5.70. The number of carboxylic acid groups (broad SMARTS) is 1. The zero-order valence-electron chi connectivity index (χ0n) is 6.13. The van der Waals surface area contributed by atoms with Crippen LogP contribution in [0.1, 0.15) is 19.8 Å². The predicted molar refractivity (Wildman–Crippen MR) is 37.8 cm³/mol. The van der Waals surface area contributed by atoms with Crippen LogP contribution in [0, 0.1) is 5.92 Å². The van der Waals surface area contributed by atoms with E-state index in [1.165, 1.54) is 0 Å². The Labute approximate surface area is 60.4 Å². The number of carboxylic acids is 1. The van der Waals surface area contributed by atoms with E-state index in [1.807, 2.05) is 6.92 Å². The summed E-state index contributed by atoms with van der Waals surface area (Å²) in [5, 5.41) is 11.8. The standard InChI is InChI=1S/C7H13NO2/c1-5-6(7(9)10)3-2-4-8-5/h5-6,8H,2-4H2,1H3,(H,9,10). The maximum absolute atomic E-state index is 10.5. The second kappa shape index (κ2) is 3.01. The Morgan fingerprint density at radius 3 is 2.80 bits per heavy atom. The Kier molecular flexibility index (Phi) is 2.27. The summed E-state index contributed by atoms with van der Waals surface area (Å²) in [5.74, 6) is -0.839. The molecule has 3 heteroatoms. The Morgan fingerprint density at radius 1 is 1.70 bits per heavy atom. The molecule has 2 unspecified atom stereocenters. The number of aliphatic carboxylic acids is 1. The van der Waals surface area contributed by atoms with Gasteiger partial charge >= 0.3 is 5.97 Å². The highest BCUT2D eigenvalue weighted by Crippen LogP contribution is 2.15. The van der Waals surface area contributed by atoms with Gasteiger partial charge in [-0.2, -0.15) is 0 Å². The van der Waals surface area contributed by atoms with Crippen molar-refractivity contribution < 1.29 is 9.90 Å². The van der Waals surface area contributed by atoms with Crippen molar-refractivity contribution in [1.82, 2.24) is 5.32 Å². The lowest BCUT2D eigenvalue weighted by Crippen LogP contribution is -2.42. The average molecular weight is 143 g/mol. The first-order chi connectivity index (χ1) is 4.72. The first-order valence-corrected chi connectivity index (χ1v) is 3.68. The molecule has 58 valence electrons. The normalized spacial score (nSPS) is 33.7. The molecule has 1 rings (SSSR count). The molecule has 0 aromatic heterocycles. The minimum atomic E-state index is -0.667. The van der Waals surface area contributed by atoms with Gasteiger partial charge in [-0.25, -0.2) is 0 Å². The average Bonchev–Trinajstić information content (AvgIpc) is 1.88. The van der Waals surface area contributed by atoms with Crippen LogP contribution in [-0.2, 0) is 4.79 Å². The van der Waals surface area contributed by atoms with E-state index < -0.39 is 5.97 Å². The van der Waals surface area contributed by atoms with Crippen LogP contribution in [0.15, 0.2) is 0 Å². The Hall–Kier alpha value is -0.570. The number of hydrogen-bond donors (Lipinski definition) is 2. The van der Waals surface area contributed by atoms with Crippen LogP contribution >= 0.6 is 0 Å². The second-order valence-corrected chi connectivity index (χ2v) is 2.83. The lowest BCUT2D eigenvalue weighted by Gasteiger charge is -2.26. The third-order valence-corrected chi connectivity index (χ3v) is 2.08. The van der Waals surface area contributed by atoms with Gasteiger partial charge in [-0.05, 0) is 26.3 Å². The molecule has 0 spiro atoms. The van der Waals surface area contributed by atoms with Crippen molar-refractivity contribution in [3.05, 3.63) is 0 Å². The van der Waals surface area contributed by atoms with Crippen molar-refractivity contribution in [3.63, 3.8) is 0 Å². The molecule has 1 heterocycles. The van der Waals surface area contributed by atoms with Crippen LogP contribution in [0.25, 0.3) is 0 Å². The second-order valence-electron chi connectivity index (χ2n) is 2.83. The molecule has 0 aliphatic carbocycles. The van der Waals surface area contributed by atoms with E-state index >= 15 is 0 Å². The zero-order valence-corrected chi connectivity index (χ0v) is 6.13. The molecule has 0 aromatic rings. The predicted octanol–water partition coefficient (Wildman–Crippen LogP) is 0.459. The number of piperidine rings is 1. The number of rotatable bonds is 1. The molecule has 1 fully saturated rings. The minimum Gasteiger partial charge on any atom is -0.481 e. The van der Waals surface area contributed by atoms with E-state index in [9.17, 15) is 4.79 Å². The smallest absolute Gasteiger partial charge is 0.308 e. The highest BCUT2D eigenvalue weighted by atomic mass is 16.4. The summed E-state index contributed by atoms with van der Waals surface area (Å²) in [5.41, 5.74) is 0. The summed E-state index contributed by atoms with van der Waals surface area (Å²) in [6, 6.07) is 0.145. The molecular weight excluding hydrogens is 130 g/mol. The molecule has 10 heavy (non-hydrogen) atoms. The molecule has 0 radical (unpaired) electrons. The number of carbonyl (C=O) groups is 1. The molecule has 0 saturated carbocycles. The first-order valence-electron chi connectivity index (χ1n) is 3.68. The van der Waals surface area contributed by atoms with E-state index in [2.05, 4.69) is 5.32 Å². The molecular formula is C7H13NO2. The first kappa shape index (κ1) is 7.54. The number of hydrogen-bond acceptors (Lipinski definition) is 2.